The van der Waals surface area contributed by atoms with Gasteiger partial charge in [0.25, 0.3) is 0 Å². The minimum atomic E-state index is -0.834. The summed E-state index contributed by atoms with van der Waals surface area (Å²) in [7, 11) is -0.834. The molecule has 0 unspecified atom stereocenters. The molecule has 0 spiro atoms. The van der Waals surface area contributed by atoms with Crippen molar-refractivity contribution in [1.82, 2.24) is 0 Å². The van der Waals surface area contributed by atoms with Crippen molar-refractivity contribution in [3.63, 3.8) is 0 Å². The van der Waals surface area contributed by atoms with Crippen LogP contribution in [0.2, 0.25) is 25.2 Å². The van der Waals surface area contributed by atoms with Gasteiger partial charge in [0.1, 0.15) is 0 Å². The van der Waals surface area contributed by atoms with Crippen molar-refractivity contribution in [3.05, 3.63) is 0 Å². The summed E-state index contributed by atoms with van der Waals surface area (Å²) in [6, 6.07) is 2.91. The van der Waals surface area contributed by atoms with Gasteiger partial charge in [0.15, 0.2) is 0 Å². The fourth-order valence-electron chi connectivity index (χ4n) is 1.55. The van der Waals surface area contributed by atoms with Crippen LogP contribution in [0.1, 0.15) is 34.1 Å². The topological polar surface area (TPSA) is 0 Å². The molecule has 11 heavy (non-hydrogen) atoms. The molecule has 0 aromatic rings. The summed E-state index contributed by atoms with van der Waals surface area (Å²) in [6.07, 6.45) is 1.32. The molecule has 0 aliphatic rings. The van der Waals surface area contributed by atoms with Gasteiger partial charge in [-0.15, -0.1) is 0 Å². The van der Waals surface area contributed by atoms with Crippen LogP contribution >= 0.6 is 0 Å². The highest BCUT2D eigenvalue weighted by molar-refractivity contribution is 6.77. The van der Waals surface area contributed by atoms with Gasteiger partial charge in [-0.3, -0.25) is 0 Å². The van der Waals surface area contributed by atoms with Crippen molar-refractivity contribution in [2.24, 2.45) is 5.41 Å². The van der Waals surface area contributed by atoms with Crippen LogP contribution < -0.4 is 0 Å². The number of rotatable bonds is 4. The maximum atomic E-state index is 2.50. The molecule has 0 nitrogen and oxygen atoms in total. The third kappa shape index (κ3) is 4.62. The molecule has 0 aliphatic heterocycles. The van der Waals surface area contributed by atoms with Gasteiger partial charge in [0.2, 0.25) is 0 Å². The van der Waals surface area contributed by atoms with Crippen LogP contribution in [-0.4, -0.2) is 8.07 Å². The molecule has 0 saturated carbocycles. The van der Waals surface area contributed by atoms with Gasteiger partial charge < -0.3 is 0 Å². The van der Waals surface area contributed by atoms with E-state index in [-0.39, 0.29) is 0 Å². The van der Waals surface area contributed by atoms with Crippen molar-refractivity contribution in [1.29, 1.82) is 0 Å². The van der Waals surface area contributed by atoms with Crippen LogP contribution in [0.25, 0.3) is 0 Å². The van der Waals surface area contributed by atoms with Crippen molar-refractivity contribution < 1.29 is 0 Å². The fourth-order valence-corrected chi connectivity index (χ4v) is 4.64. The zero-order chi connectivity index (χ0) is 9.12. The molecule has 68 valence electrons. The lowest BCUT2D eigenvalue weighted by molar-refractivity contribution is 0.391. The van der Waals surface area contributed by atoms with E-state index in [2.05, 4.69) is 40.8 Å². The fraction of sp³-hybridized carbons (Fsp3) is 1.00. The second-order valence-electron chi connectivity index (χ2n) is 5.21. The number of hydrogen-bond donors (Lipinski definition) is 0. The summed E-state index contributed by atoms with van der Waals surface area (Å²) in [5, 5.41) is 0. The molecule has 0 heterocycles. The predicted octanol–water partition coefficient (Wildman–Crippen LogP) is 4.15. The summed E-state index contributed by atoms with van der Waals surface area (Å²) in [5.41, 5.74) is 0.589. The van der Waals surface area contributed by atoms with Crippen LogP contribution in [0.15, 0.2) is 0 Å². The summed E-state index contributed by atoms with van der Waals surface area (Å²) in [4.78, 5) is 0. The molecule has 0 rings (SSSR count). The zero-order valence-corrected chi connectivity index (χ0v) is 10.1. The standard InChI is InChI=1S/C10H24Si/c1-7-10(3,4)9-11(5,6)8-2/h7-9H2,1-6H3. The number of hydrogen-bond acceptors (Lipinski definition) is 0. The lowest BCUT2D eigenvalue weighted by Gasteiger charge is -2.32. The molecule has 1 heteroatoms. The van der Waals surface area contributed by atoms with E-state index >= 15 is 0 Å². The van der Waals surface area contributed by atoms with Crippen molar-refractivity contribution in [2.45, 2.75) is 59.3 Å². The predicted molar refractivity (Wildman–Crippen MR) is 56.8 cm³/mol. The lowest BCUT2D eigenvalue weighted by atomic mass is 9.93. The Morgan fingerprint density at radius 1 is 1.09 bits per heavy atom. The Labute approximate surface area is 73.4 Å². The quantitative estimate of drug-likeness (QED) is 0.559. The van der Waals surface area contributed by atoms with E-state index in [1.54, 1.807) is 0 Å². The van der Waals surface area contributed by atoms with Crippen LogP contribution in [0.3, 0.4) is 0 Å². The first-order valence-corrected chi connectivity index (χ1v) is 8.24. The van der Waals surface area contributed by atoms with Crippen LogP contribution in [0.4, 0.5) is 0 Å². The van der Waals surface area contributed by atoms with Gasteiger partial charge in [-0.2, -0.15) is 0 Å². The van der Waals surface area contributed by atoms with Gasteiger partial charge in [-0.25, -0.2) is 0 Å². The Balaban J connectivity index is 4.02. The molecule has 0 aromatic carbocycles. The highest BCUT2D eigenvalue weighted by Crippen LogP contribution is 2.32. The van der Waals surface area contributed by atoms with Crippen LogP contribution in [0.5, 0.6) is 0 Å². The third-order valence-corrected chi connectivity index (χ3v) is 6.70. The van der Waals surface area contributed by atoms with Crippen molar-refractivity contribution >= 4 is 8.07 Å². The minimum absolute atomic E-state index is 0.589. The van der Waals surface area contributed by atoms with E-state index in [1.165, 1.54) is 18.5 Å². The van der Waals surface area contributed by atoms with Gasteiger partial charge in [0, 0.05) is 8.07 Å². The average Bonchev–Trinajstić information content (AvgIpc) is 1.86. The second kappa shape index (κ2) is 3.75. The summed E-state index contributed by atoms with van der Waals surface area (Å²) < 4.78 is 0. The van der Waals surface area contributed by atoms with Gasteiger partial charge in [-0.1, -0.05) is 59.3 Å². The minimum Gasteiger partial charge on any atom is -0.0693 e. The van der Waals surface area contributed by atoms with E-state index in [9.17, 15) is 0 Å². The Kier molecular flexibility index (Phi) is 3.82. The Hall–Kier alpha value is 0.217. The third-order valence-electron chi connectivity index (χ3n) is 2.87. The molecule has 0 radical (unpaired) electrons. The molecule has 0 atom stereocenters. The monoisotopic (exact) mass is 172 g/mol. The summed E-state index contributed by atoms with van der Waals surface area (Å²) in [6.45, 7) is 14.5. The van der Waals surface area contributed by atoms with Crippen molar-refractivity contribution in [2.75, 3.05) is 0 Å². The highest BCUT2D eigenvalue weighted by atomic mass is 28.3. The molecule has 0 bridgehead atoms. The van der Waals surface area contributed by atoms with Crippen molar-refractivity contribution in [3.8, 4) is 0 Å². The molecule has 0 amide bonds. The maximum absolute atomic E-state index is 2.50. The smallest absolute Gasteiger partial charge is 0.0476 e. The molecular formula is C10H24Si. The van der Waals surface area contributed by atoms with Gasteiger partial charge in [-0.05, 0) is 5.41 Å². The molecule has 0 fully saturated rings. The normalized spacial score (nSPS) is 13.6. The highest BCUT2D eigenvalue weighted by Gasteiger charge is 2.27. The van der Waals surface area contributed by atoms with E-state index in [0.717, 1.165) is 0 Å². The first-order chi connectivity index (χ1) is 4.83. The lowest BCUT2D eigenvalue weighted by Crippen LogP contribution is -2.30. The Bertz CT molecular complexity index is 100. The van der Waals surface area contributed by atoms with Crippen LogP contribution in [-0.2, 0) is 0 Å². The van der Waals surface area contributed by atoms with Gasteiger partial charge in [0.05, 0.1) is 0 Å². The summed E-state index contributed by atoms with van der Waals surface area (Å²) >= 11 is 0. The molecule has 0 saturated heterocycles. The zero-order valence-electron chi connectivity index (χ0n) is 9.12. The van der Waals surface area contributed by atoms with Gasteiger partial charge >= 0.3 is 0 Å². The average molecular weight is 172 g/mol. The van der Waals surface area contributed by atoms with E-state index in [0.29, 0.717) is 5.41 Å². The first-order valence-electron chi connectivity index (χ1n) is 4.83. The molecule has 0 aliphatic carbocycles. The molecule has 0 N–H and O–H groups in total. The van der Waals surface area contributed by atoms with E-state index in [4.69, 9.17) is 0 Å². The SMILES string of the molecule is CCC(C)(C)C[Si](C)(C)CC. The van der Waals surface area contributed by atoms with E-state index < -0.39 is 8.07 Å². The second-order valence-corrected chi connectivity index (χ2v) is 10.6. The first kappa shape index (κ1) is 11.2. The molecular weight excluding hydrogens is 148 g/mol. The summed E-state index contributed by atoms with van der Waals surface area (Å²) in [5.74, 6) is 0. The largest absolute Gasteiger partial charge is 0.0693 e. The van der Waals surface area contributed by atoms with Crippen LogP contribution in [0, 0.1) is 5.41 Å². The Morgan fingerprint density at radius 2 is 1.55 bits per heavy atom. The van der Waals surface area contributed by atoms with E-state index in [1.807, 2.05) is 0 Å². The maximum Gasteiger partial charge on any atom is 0.0476 e. The Morgan fingerprint density at radius 3 is 1.82 bits per heavy atom. The molecule has 0 aromatic heterocycles.